The van der Waals surface area contributed by atoms with Crippen LogP contribution in [0.2, 0.25) is 0 Å². The number of ether oxygens (including phenoxy) is 1. The van der Waals surface area contributed by atoms with Crippen LogP contribution >= 0.6 is 0 Å². The zero-order valence-electron chi connectivity index (χ0n) is 13.1. The van der Waals surface area contributed by atoms with E-state index in [4.69, 9.17) is 4.74 Å². The van der Waals surface area contributed by atoms with E-state index in [9.17, 15) is 4.79 Å². The highest BCUT2D eigenvalue weighted by molar-refractivity contribution is 5.67. The van der Waals surface area contributed by atoms with Crippen molar-refractivity contribution in [1.29, 1.82) is 0 Å². The first-order valence-corrected chi connectivity index (χ1v) is 7.05. The van der Waals surface area contributed by atoms with Crippen molar-refractivity contribution in [2.24, 2.45) is 0 Å². The van der Waals surface area contributed by atoms with Gasteiger partial charge in [0, 0.05) is 19.1 Å². The molecule has 0 aliphatic carbocycles. The van der Waals surface area contributed by atoms with Crippen LogP contribution in [0.4, 0.5) is 4.79 Å². The van der Waals surface area contributed by atoms with Crippen LogP contribution in [-0.2, 0) is 4.74 Å². The highest BCUT2D eigenvalue weighted by atomic mass is 16.6. The number of hydrogen-bond acceptors (Lipinski definition) is 3. The summed E-state index contributed by atoms with van der Waals surface area (Å²) >= 11 is 0. The summed E-state index contributed by atoms with van der Waals surface area (Å²) in [7, 11) is 0. The van der Waals surface area contributed by atoms with E-state index in [2.05, 4.69) is 48.7 Å². The summed E-state index contributed by atoms with van der Waals surface area (Å²) in [5, 5.41) is 6.10. The molecule has 0 spiro atoms. The van der Waals surface area contributed by atoms with Crippen LogP contribution in [0, 0.1) is 6.92 Å². The number of nitrogens with one attached hydrogen (secondary N) is 2. The summed E-state index contributed by atoms with van der Waals surface area (Å²) in [5.74, 6) is 0. The second kappa shape index (κ2) is 7.29. The van der Waals surface area contributed by atoms with E-state index in [1.54, 1.807) is 0 Å². The largest absolute Gasteiger partial charge is 0.444 e. The topological polar surface area (TPSA) is 50.4 Å². The van der Waals surface area contributed by atoms with Gasteiger partial charge in [-0.1, -0.05) is 29.8 Å². The first-order valence-electron chi connectivity index (χ1n) is 7.05. The maximum atomic E-state index is 11.4. The summed E-state index contributed by atoms with van der Waals surface area (Å²) in [4.78, 5) is 11.4. The fourth-order valence-electron chi connectivity index (χ4n) is 1.74. The Bertz CT molecular complexity index is 421. The van der Waals surface area contributed by atoms with Crippen LogP contribution in [0.3, 0.4) is 0 Å². The molecule has 0 fully saturated rings. The van der Waals surface area contributed by atoms with Crippen molar-refractivity contribution in [3.63, 3.8) is 0 Å². The summed E-state index contributed by atoms with van der Waals surface area (Å²) in [6.45, 7) is 11.0. The lowest BCUT2D eigenvalue weighted by molar-refractivity contribution is 0.0528. The molecule has 2 N–H and O–H groups in total. The molecule has 1 amide bonds. The van der Waals surface area contributed by atoms with Gasteiger partial charge in [0.15, 0.2) is 0 Å². The van der Waals surface area contributed by atoms with Crippen LogP contribution in [0.15, 0.2) is 24.3 Å². The SMILES string of the molecule is Cc1ccc([C@H](C)NCCNC(=O)OC(C)(C)C)cc1. The molecule has 1 aromatic carbocycles. The molecule has 0 aromatic heterocycles. The van der Waals surface area contributed by atoms with Gasteiger partial charge in [-0.25, -0.2) is 4.79 Å². The Hall–Kier alpha value is -1.55. The van der Waals surface area contributed by atoms with E-state index >= 15 is 0 Å². The normalized spacial score (nSPS) is 12.8. The quantitative estimate of drug-likeness (QED) is 0.813. The number of rotatable bonds is 5. The highest BCUT2D eigenvalue weighted by Crippen LogP contribution is 2.12. The number of aryl methyl sites for hydroxylation is 1. The molecule has 20 heavy (non-hydrogen) atoms. The van der Waals surface area contributed by atoms with Crippen LogP contribution in [-0.4, -0.2) is 24.8 Å². The lowest BCUT2D eigenvalue weighted by atomic mass is 10.1. The van der Waals surface area contributed by atoms with Gasteiger partial charge in [-0.15, -0.1) is 0 Å². The summed E-state index contributed by atoms with van der Waals surface area (Å²) in [6, 6.07) is 8.71. The smallest absolute Gasteiger partial charge is 0.407 e. The van der Waals surface area contributed by atoms with Crippen LogP contribution in [0.1, 0.15) is 44.9 Å². The van der Waals surface area contributed by atoms with Crippen molar-refractivity contribution in [3.8, 4) is 0 Å². The van der Waals surface area contributed by atoms with Gasteiger partial charge in [-0.3, -0.25) is 0 Å². The van der Waals surface area contributed by atoms with Crippen molar-refractivity contribution in [3.05, 3.63) is 35.4 Å². The van der Waals surface area contributed by atoms with Gasteiger partial charge in [0.1, 0.15) is 5.60 Å². The lowest BCUT2D eigenvalue weighted by Crippen LogP contribution is -2.36. The van der Waals surface area contributed by atoms with Gasteiger partial charge in [0.25, 0.3) is 0 Å². The number of benzene rings is 1. The summed E-state index contributed by atoms with van der Waals surface area (Å²) < 4.78 is 5.16. The van der Waals surface area contributed by atoms with E-state index in [0.29, 0.717) is 13.1 Å². The average Bonchev–Trinajstić information content (AvgIpc) is 2.33. The van der Waals surface area contributed by atoms with Crippen molar-refractivity contribution in [2.45, 2.75) is 46.3 Å². The summed E-state index contributed by atoms with van der Waals surface area (Å²) in [5.41, 5.74) is 2.05. The molecule has 4 heteroatoms. The zero-order chi connectivity index (χ0) is 15.2. The Balaban J connectivity index is 2.24. The Labute approximate surface area is 121 Å². The maximum Gasteiger partial charge on any atom is 0.407 e. The number of hydrogen-bond donors (Lipinski definition) is 2. The van der Waals surface area contributed by atoms with Crippen LogP contribution in [0.5, 0.6) is 0 Å². The first kappa shape index (κ1) is 16.5. The molecule has 0 saturated carbocycles. The predicted molar refractivity (Wildman–Crippen MR) is 81.8 cm³/mol. The minimum Gasteiger partial charge on any atom is -0.444 e. The molecule has 112 valence electrons. The molecule has 0 unspecified atom stereocenters. The fraction of sp³-hybridized carbons (Fsp3) is 0.562. The van der Waals surface area contributed by atoms with E-state index in [0.717, 1.165) is 0 Å². The third-order valence-electron chi connectivity index (χ3n) is 2.82. The number of carbonyl (C=O) groups is 1. The molecule has 1 atom stereocenters. The van der Waals surface area contributed by atoms with Gasteiger partial charge in [0.05, 0.1) is 0 Å². The third kappa shape index (κ3) is 6.57. The number of carbonyl (C=O) groups excluding carboxylic acids is 1. The van der Waals surface area contributed by atoms with E-state index in [1.165, 1.54) is 11.1 Å². The Kier molecular flexibility index (Phi) is 6.02. The van der Waals surface area contributed by atoms with Gasteiger partial charge in [-0.2, -0.15) is 0 Å². The maximum absolute atomic E-state index is 11.4. The molecular formula is C16H26N2O2. The Morgan fingerprint density at radius 1 is 1.20 bits per heavy atom. The van der Waals surface area contributed by atoms with Gasteiger partial charge in [0.2, 0.25) is 0 Å². The van der Waals surface area contributed by atoms with Crippen molar-refractivity contribution < 1.29 is 9.53 Å². The summed E-state index contributed by atoms with van der Waals surface area (Å²) in [6.07, 6.45) is -0.373. The van der Waals surface area contributed by atoms with E-state index in [1.807, 2.05) is 20.8 Å². The van der Waals surface area contributed by atoms with Crippen molar-refractivity contribution in [2.75, 3.05) is 13.1 Å². The molecule has 0 radical (unpaired) electrons. The minimum absolute atomic E-state index is 0.260. The minimum atomic E-state index is -0.452. The zero-order valence-corrected chi connectivity index (χ0v) is 13.1. The molecule has 0 bridgehead atoms. The number of alkyl carbamates (subject to hydrolysis) is 1. The molecule has 0 aliphatic heterocycles. The molecule has 0 aliphatic rings. The second-order valence-corrected chi connectivity index (χ2v) is 6.02. The van der Waals surface area contributed by atoms with Crippen LogP contribution in [0.25, 0.3) is 0 Å². The fourth-order valence-corrected chi connectivity index (χ4v) is 1.74. The third-order valence-corrected chi connectivity index (χ3v) is 2.82. The number of amides is 1. The van der Waals surface area contributed by atoms with E-state index in [-0.39, 0.29) is 12.1 Å². The van der Waals surface area contributed by atoms with Crippen molar-refractivity contribution in [1.82, 2.24) is 10.6 Å². The Morgan fingerprint density at radius 3 is 2.35 bits per heavy atom. The predicted octanol–water partition coefficient (Wildman–Crippen LogP) is 3.17. The Morgan fingerprint density at radius 2 is 1.80 bits per heavy atom. The van der Waals surface area contributed by atoms with Crippen molar-refractivity contribution >= 4 is 6.09 Å². The van der Waals surface area contributed by atoms with E-state index < -0.39 is 5.60 Å². The second-order valence-electron chi connectivity index (χ2n) is 6.02. The first-order chi connectivity index (χ1) is 9.28. The molecule has 1 rings (SSSR count). The van der Waals surface area contributed by atoms with Gasteiger partial charge >= 0.3 is 6.09 Å². The molecule has 0 saturated heterocycles. The standard InChI is InChI=1S/C16H26N2O2/c1-12-6-8-14(9-7-12)13(2)17-10-11-18-15(19)20-16(3,4)5/h6-9,13,17H,10-11H2,1-5H3,(H,18,19)/t13-/m0/s1. The highest BCUT2D eigenvalue weighted by Gasteiger charge is 2.15. The monoisotopic (exact) mass is 278 g/mol. The molecule has 0 heterocycles. The average molecular weight is 278 g/mol. The lowest BCUT2D eigenvalue weighted by Gasteiger charge is -2.20. The van der Waals surface area contributed by atoms with Gasteiger partial charge in [-0.05, 0) is 40.2 Å². The van der Waals surface area contributed by atoms with Crippen LogP contribution < -0.4 is 10.6 Å². The molecule has 4 nitrogen and oxygen atoms in total. The molecular weight excluding hydrogens is 252 g/mol. The molecule has 1 aromatic rings. The van der Waals surface area contributed by atoms with Gasteiger partial charge < -0.3 is 15.4 Å².